The molecule has 60 valence electrons. The predicted octanol–water partition coefficient (Wildman–Crippen LogP) is 2.08. The highest BCUT2D eigenvalue weighted by atomic mass is 32.4. The first-order valence-electron chi connectivity index (χ1n) is 2.88. The van der Waals surface area contributed by atoms with Crippen LogP contribution in [0, 0.1) is 5.41 Å². The Morgan fingerprint density at radius 2 is 1.70 bits per heavy atom. The summed E-state index contributed by atoms with van der Waals surface area (Å²) in [6, 6.07) is 0. The molecular weight excluding hydrogens is 185 g/mol. The molecule has 0 bridgehead atoms. The summed E-state index contributed by atoms with van der Waals surface area (Å²) < 4.78 is 0. The van der Waals surface area contributed by atoms with Gasteiger partial charge in [0, 0.05) is 0 Å². The van der Waals surface area contributed by atoms with Gasteiger partial charge >= 0.3 is 0 Å². The summed E-state index contributed by atoms with van der Waals surface area (Å²) >= 11 is 8.62. The van der Waals surface area contributed by atoms with Gasteiger partial charge in [0.25, 0.3) is 0 Å². The summed E-state index contributed by atoms with van der Waals surface area (Å²) in [4.78, 5) is 9.06. The van der Waals surface area contributed by atoms with Gasteiger partial charge in [0.15, 0.2) is 0 Å². The lowest BCUT2D eigenvalue weighted by molar-refractivity contribution is 0.623. The zero-order valence-electron chi connectivity index (χ0n) is 6.13. The lowest BCUT2D eigenvalue weighted by atomic mass is 11.0. The third kappa shape index (κ3) is 11.2. The van der Waals surface area contributed by atoms with E-state index >= 15 is 0 Å². The van der Waals surface area contributed by atoms with Crippen molar-refractivity contribution in [3.63, 3.8) is 0 Å². The molecule has 0 saturated carbocycles. The van der Waals surface area contributed by atoms with E-state index in [9.17, 15) is 0 Å². The molecule has 0 aromatic heterocycles. The molecular formula is C5H12NOPS2. The molecule has 0 atom stereocenters. The molecule has 0 aromatic carbocycles. The van der Waals surface area contributed by atoms with Gasteiger partial charge in [0.05, 0.1) is 11.4 Å². The molecule has 0 aromatic rings. The molecule has 2 N–H and O–H groups in total. The van der Waals surface area contributed by atoms with Crippen molar-refractivity contribution in [1.29, 1.82) is 5.41 Å². The van der Waals surface area contributed by atoms with Crippen molar-refractivity contribution < 1.29 is 4.89 Å². The Kier molecular flexibility index (Phi) is 9.80. The number of thiocarbonyl (C=S) groups is 1. The van der Waals surface area contributed by atoms with Crippen LogP contribution in [0.4, 0.5) is 0 Å². The maximum atomic E-state index is 9.06. The van der Waals surface area contributed by atoms with Crippen molar-refractivity contribution in [3.05, 3.63) is 0 Å². The smallest absolute Gasteiger partial charge is 0.0631 e. The fraction of sp³-hybridized carbons (Fsp3) is 0.800. The first-order valence-corrected chi connectivity index (χ1v) is 6.42. The van der Waals surface area contributed by atoms with Crippen LogP contribution < -0.4 is 0 Å². The Bertz CT molecular complexity index is 146. The largest absolute Gasteiger partial charge is 0.365 e. The first-order chi connectivity index (χ1) is 4.54. The normalized spacial score (nSPS) is 9.10. The van der Waals surface area contributed by atoms with Crippen LogP contribution in [0.1, 0.15) is 13.8 Å². The highest BCUT2D eigenvalue weighted by molar-refractivity contribution is 8.11. The molecule has 5 heteroatoms. The first kappa shape index (κ1) is 13.0. The zero-order valence-corrected chi connectivity index (χ0v) is 8.65. The molecule has 0 heterocycles. The number of hydrogen-bond acceptors (Lipinski definition) is 3. The Morgan fingerprint density at radius 1 is 1.50 bits per heavy atom. The summed E-state index contributed by atoms with van der Waals surface area (Å²) in [5, 5.41) is 7.36. The van der Waals surface area contributed by atoms with Gasteiger partial charge in [0.2, 0.25) is 0 Å². The van der Waals surface area contributed by atoms with Crippen LogP contribution in [0.25, 0.3) is 0 Å². The van der Waals surface area contributed by atoms with Crippen molar-refractivity contribution in [2.24, 2.45) is 0 Å². The minimum absolute atomic E-state index is 0.777. The third-order valence-electron chi connectivity index (χ3n) is 0.988. The lowest BCUT2D eigenvalue weighted by Gasteiger charge is -2.06. The average molecular weight is 197 g/mol. The summed E-state index contributed by atoms with van der Waals surface area (Å²) in [7, 11) is 0. The quantitative estimate of drug-likeness (QED) is 0.404. The Morgan fingerprint density at radius 3 is 1.70 bits per heavy atom. The van der Waals surface area contributed by atoms with Crippen molar-refractivity contribution in [3.8, 4) is 0 Å². The van der Waals surface area contributed by atoms with Gasteiger partial charge in [-0.25, -0.2) is 5.41 Å². The van der Waals surface area contributed by atoms with Crippen LogP contribution in [0.2, 0.25) is 0 Å². The molecule has 0 unspecified atom stereocenters. The fourth-order valence-corrected chi connectivity index (χ4v) is 0.671. The van der Waals surface area contributed by atoms with E-state index in [0.29, 0.717) is 0 Å². The average Bonchev–Trinajstić information content (AvgIpc) is 1.90. The second kappa shape index (κ2) is 7.52. The van der Waals surface area contributed by atoms with E-state index in [-0.39, 0.29) is 0 Å². The van der Waals surface area contributed by atoms with Gasteiger partial charge in [-0.15, -0.1) is 0 Å². The van der Waals surface area contributed by atoms with Gasteiger partial charge in [-0.2, -0.15) is 0 Å². The van der Waals surface area contributed by atoms with Crippen LogP contribution in [0.5, 0.6) is 0 Å². The van der Waals surface area contributed by atoms with E-state index in [1.54, 1.807) is 5.16 Å². The van der Waals surface area contributed by atoms with Crippen LogP contribution in [0.15, 0.2) is 0 Å². The molecule has 0 spiro atoms. The van der Waals surface area contributed by atoms with E-state index < -0.39 is 6.26 Å². The summed E-state index contributed by atoms with van der Waals surface area (Å²) in [6.45, 7) is 3.87. The second-order valence-electron chi connectivity index (χ2n) is 1.58. The lowest BCUT2D eigenvalue weighted by Crippen LogP contribution is -1.83. The van der Waals surface area contributed by atoms with E-state index in [4.69, 9.17) is 22.1 Å². The van der Waals surface area contributed by atoms with Crippen molar-refractivity contribution >= 4 is 35.5 Å². The number of hydrogen-bond donors (Lipinski definition) is 2. The topological polar surface area (TPSA) is 44.1 Å². The highest BCUT2D eigenvalue weighted by Gasteiger charge is 2.02. The van der Waals surface area contributed by atoms with Crippen LogP contribution >= 0.6 is 18.5 Å². The van der Waals surface area contributed by atoms with Crippen molar-refractivity contribution in [2.45, 2.75) is 13.8 Å². The SMILES string of the molecule is CCP(O)(=S)CC.N=C=S. The van der Waals surface area contributed by atoms with E-state index in [0.717, 1.165) is 12.3 Å². The zero-order chi connectivity index (χ0) is 8.62. The molecule has 2 nitrogen and oxygen atoms in total. The van der Waals surface area contributed by atoms with Gasteiger partial charge < -0.3 is 4.89 Å². The molecule has 0 saturated heterocycles. The molecule has 0 aliphatic heterocycles. The van der Waals surface area contributed by atoms with E-state index in [2.05, 4.69) is 12.2 Å². The van der Waals surface area contributed by atoms with Crippen LogP contribution in [-0.2, 0) is 11.8 Å². The van der Waals surface area contributed by atoms with Crippen LogP contribution in [0.3, 0.4) is 0 Å². The second-order valence-corrected chi connectivity index (χ2v) is 6.78. The molecule has 0 rings (SSSR count). The molecule has 0 fully saturated rings. The van der Waals surface area contributed by atoms with Gasteiger partial charge in [-0.05, 0) is 24.5 Å². The number of isothiocyanates is 1. The van der Waals surface area contributed by atoms with Gasteiger partial charge in [0.1, 0.15) is 0 Å². The third-order valence-corrected chi connectivity index (χ3v) is 4.51. The van der Waals surface area contributed by atoms with Gasteiger partial charge in [-0.1, -0.05) is 25.7 Å². The summed E-state index contributed by atoms with van der Waals surface area (Å²) in [5.41, 5.74) is 0. The molecule has 0 aliphatic rings. The Hall–Kier alpha value is 0.410. The minimum atomic E-state index is -1.82. The molecule has 0 aliphatic carbocycles. The minimum Gasteiger partial charge on any atom is -0.365 e. The predicted molar refractivity (Wildman–Crippen MR) is 52.9 cm³/mol. The van der Waals surface area contributed by atoms with E-state index in [1.165, 1.54) is 0 Å². The highest BCUT2D eigenvalue weighted by Crippen LogP contribution is 2.38. The number of rotatable bonds is 2. The summed E-state index contributed by atoms with van der Waals surface area (Å²) in [5.74, 6) is 0. The molecule has 0 radical (unpaired) electrons. The Labute approximate surface area is 72.2 Å². The Balaban J connectivity index is 0. The maximum Gasteiger partial charge on any atom is 0.0631 e. The van der Waals surface area contributed by atoms with Crippen LogP contribution in [-0.4, -0.2) is 22.4 Å². The monoisotopic (exact) mass is 197 g/mol. The standard InChI is InChI=1S/C4H11OPS.CHNS/c1-3-6(5,7)4-2;2-1-3/h3-4H2,1-2H3,(H,5,7);2H. The van der Waals surface area contributed by atoms with Gasteiger partial charge in [-0.3, -0.25) is 0 Å². The molecule has 0 amide bonds. The summed E-state index contributed by atoms with van der Waals surface area (Å²) in [6.07, 6.45) is -0.268. The fourth-order valence-electron chi connectivity index (χ4n) is 0.224. The number of nitrogens with one attached hydrogen (secondary N) is 1. The van der Waals surface area contributed by atoms with Crippen molar-refractivity contribution in [1.82, 2.24) is 0 Å². The molecule has 10 heavy (non-hydrogen) atoms. The van der Waals surface area contributed by atoms with Crippen molar-refractivity contribution in [2.75, 3.05) is 12.3 Å². The van der Waals surface area contributed by atoms with E-state index in [1.807, 2.05) is 13.8 Å². The maximum absolute atomic E-state index is 9.06.